The van der Waals surface area contributed by atoms with Crippen molar-refractivity contribution in [2.75, 3.05) is 0 Å². The summed E-state index contributed by atoms with van der Waals surface area (Å²) in [5.74, 6) is -0.236. The van der Waals surface area contributed by atoms with Crippen molar-refractivity contribution in [3.8, 4) is 0 Å². The first kappa shape index (κ1) is 16.5. The molecule has 1 fully saturated rings. The molecule has 1 N–H and O–H groups in total. The molecule has 1 aliphatic rings. The highest BCUT2D eigenvalue weighted by Crippen LogP contribution is 2.20. The molecule has 0 saturated carbocycles. The zero-order chi connectivity index (χ0) is 13.9. The van der Waals surface area contributed by atoms with Crippen molar-refractivity contribution in [3.05, 3.63) is 0 Å². The van der Waals surface area contributed by atoms with E-state index >= 15 is 0 Å². The largest absolute Gasteiger partial charge is 0.462 e. The number of carbonyl (C=O) groups excluding carboxylic acids is 1. The number of esters is 1. The Kier molecular flexibility index (Phi) is 8.89. The van der Waals surface area contributed by atoms with Crippen molar-refractivity contribution in [1.29, 1.82) is 0 Å². The second-order valence-electron chi connectivity index (χ2n) is 5.82. The van der Waals surface area contributed by atoms with Gasteiger partial charge in [0, 0.05) is 6.42 Å². The fraction of sp³-hybridized carbons (Fsp3) is 0.938. The minimum absolute atomic E-state index is 0.0409. The van der Waals surface area contributed by atoms with Crippen LogP contribution in [0.4, 0.5) is 0 Å². The van der Waals surface area contributed by atoms with Crippen LogP contribution in [-0.2, 0) is 9.53 Å². The van der Waals surface area contributed by atoms with Gasteiger partial charge >= 0.3 is 5.97 Å². The average Bonchev–Trinajstić information content (AvgIpc) is 2.36. The van der Waals surface area contributed by atoms with Crippen LogP contribution in [0, 0.1) is 0 Å². The first-order valence-electron chi connectivity index (χ1n) is 8.10. The van der Waals surface area contributed by atoms with Gasteiger partial charge in [-0.25, -0.2) is 0 Å². The Hall–Kier alpha value is -0.570. The maximum Gasteiger partial charge on any atom is 0.308 e. The second kappa shape index (κ2) is 10.2. The maximum absolute atomic E-state index is 11.2. The van der Waals surface area contributed by atoms with Gasteiger partial charge < -0.3 is 9.84 Å². The molecule has 0 bridgehead atoms. The van der Waals surface area contributed by atoms with E-state index in [9.17, 15) is 9.90 Å². The lowest BCUT2D eigenvalue weighted by Crippen LogP contribution is -2.32. The third-order valence-corrected chi connectivity index (χ3v) is 3.87. The standard InChI is InChI=1S/C16H30O3/c1-2-3-4-5-6-7-8-9-10-11-15-12-14(17)13-16(18)19-15/h14-15,17H,2-13H2,1H3/t14-,15+/m0/s1. The summed E-state index contributed by atoms with van der Waals surface area (Å²) in [6.07, 6.45) is 12.9. The molecule has 0 radical (unpaired) electrons. The van der Waals surface area contributed by atoms with Crippen LogP contribution in [0.1, 0.15) is 84.0 Å². The minimum atomic E-state index is -0.482. The van der Waals surface area contributed by atoms with Gasteiger partial charge in [-0.05, 0) is 12.8 Å². The Morgan fingerprint density at radius 2 is 1.63 bits per heavy atom. The number of hydrogen-bond donors (Lipinski definition) is 1. The summed E-state index contributed by atoms with van der Waals surface area (Å²) in [5.41, 5.74) is 0. The molecule has 0 aromatic carbocycles. The molecule has 1 heterocycles. The van der Waals surface area contributed by atoms with Crippen LogP contribution in [-0.4, -0.2) is 23.3 Å². The molecule has 19 heavy (non-hydrogen) atoms. The van der Waals surface area contributed by atoms with Crippen LogP contribution in [0.3, 0.4) is 0 Å². The highest BCUT2D eigenvalue weighted by Gasteiger charge is 2.26. The molecule has 0 aliphatic carbocycles. The van der Waals surface area contributed by atoms with E-state index in [4.69, 9.17) is 4.74 Å². The quantitative estimate of drug-likeness (QED) is 0.482. The first-order chi connectivity index (χ1) is 9.22. The van der Waals surface area contributed by atoms with Gasteiger partial charge in [0.2, 0.25) is 0 Å². The Labute approximate surface area is 117 Å². The summed E-state index contributed by atoms with van der Waals surface area (Å²) in [4.78, 5) is 11.2. The Balaban J connectivity index is 1.89. The molecule has 1 aliphatic heterocycles. The number of aliphatic hydroxyl groups excluding tert-OH is 1. The van der Waals surface area contributed by atoms with E-state index in [1.165, 1.54) is 51.4 Å². The monoisotopic (exact) mass is 270 g/mol. The number of ether oxygens (including phenoxy) is 1. The zero-order valence-electron chi connectivity index (χ0n) is 12.4. The first-order valence-corrected chi connectivity index (χ1v) is 8.10. The van der Waals surface area contributed by atoms with Crippen molar-refractivity contribution in [2.24, 2.45) is 0 Å². The van der Waals surface area contributed by atoms with E-state index in [0.29, 0.717) is 6.42 Å². The summed E-state index contributed by atoms with van der Waals surface area (Å²) in [6.45, 7) is 2.25. The van der Waals surface area contributed by atoms with Gasteiger partial charge in [-0.15, -0.1) is 0 Å². The fourth-order valence-electron chi connectivity index (χ4n) is 2.72. The summed E-state index contributed by atoms with van der Waals surface area (Å²) in [7, 11) is 0. The summed E-state index contributed by atoms with van der Waals surface area (Å²) >= 11 is 0. The Bertz CT molecular complexity index is 240. The van der Waals surface area contributed by atoms with Gasteiger partial charge in [-0.3, -0.25) is 4.79 Å². The van der Waals surface area contributed by atoms with Crippen molar-refractivity contribution in [1.82, 2.24) is 0 Å². The normalized spacial score (nSPS) is 23.4. The number of hydrogen-bond acceptors (Lipinski definition) is 3. The SMILES string of the molecule is CCCCCCCCCCC[C@@H]1C[C@H](O)CC(=O)O1. The van der Waals surface area contributed by atoms with E-state index in [-0.39, 0.29) is 18.5 Å². The number of unbranched alkanes of at least 4 members (excludes halogenated alkanes) is 8. The van der Waals surface area contributed by atoms with Crippen LogP contribution >= 0.6 is 0 Å². The van der Waals surface area contributed by atoms with Gasteiger partial charge in [-0.2, -0.15) is 0 Å². The molecule has 0 unspecified atom stereocenters. The number of aliphatic hydroxyl groups is 1. The predicted molar refractivity (Wildman–Crippen MR) is 77.0 cm³/mol. The van der Waals surface area contributed by atoms with Crippen molar-refractivity contribution in [3.63, 3.8) is 0 Å². The van der Waals surface area contributed by atoms with Crippen LogP contribution in [0.2, 0.25) is 0 Å². The third kappa shape index (κ3) is 8.25. The lowest BCUT2D eigenvalue weighted by molar-refractivity contribution is -0.160. The molecule has 3 heteroatoms. The molecule has 0 aromatic heterocycles. The molecule has 112 valence electrons. The van der Waals surface area contributed by atoms with Crippen molar-refractivity contribution in [2.45, 2.75) is 96.2 Å². The Morgan fingerprint density at radius 1 is 1.05 bits per heavy atom. The lowest BCUT2D eigenvalue weighted by Gasteiger charge is -2.25. The minimum Gasteiger partial charge on any atom is -0.462 e. The third-order valence-electron chi connectivity index (χ3n) is 3.87. The van der Waals surface area contributed by atoms with Gasteiger partial charge in [-0.1, -0.05) is 58.3 Å². The molecule has 0 aromatic rings. The van der Waals surface area contributed by atoms with Crippen molar-refractivity contribution < 1.29 is 14.6 Å². The molecule has 0 spiro atoms. The van der Waals surface area contributed by atoms with Crippen molar-refractivity contribution >= 4 is 5.97 Å². The van der Waals surface area contributed by atoms with E-state index in [2.05, 4.69) is 6.92 Å². The molecule has 1 rings (SSSR count). The average molecular weight is 270 g/mol. The molecule has 2 atom stereocenters. The van der Waals surface area contributed by atoms with Gasteiger partial charge in [0.05, 0.1) is 12.5 Å². The zero-order valence-corrected chi connectivity index (χ0v) is 12.4. The summed E-state index contributed by atoms with van der Waals surface area (Å²) < 4.78 is 5.23. The van der Waals surface area contributed by atoms with E-state index in [0.717, 1.165) is 12.8 Å². The fourth-order valence-corrected chi connectivity index (χ4v) is 2.72. The molecule has 0 amide bonds. The van der Waals surface area contributed by atoms with Crippen LogP contribution < -0.4 is 0 Å². The highest BCUT2D eigenvalue weighted by molar-refractivity contribution is 5.70. The maximum atomic E-state index is 11.2. The van der Waals surface area contributed by atoms with E-state index in [1.807, 2.05) is 0 Å². The van der Waals surface area contributed by atoms with Crippen LogP contribution in [0.25, 0.3) is 0 Å². The molecular formula is C16H30O3. The molecule has 1 saturated heterocycles. The number of cyclic esters (lactones) is 1. The predicted octanol–water partition coefficient (Wildman–Crippen LogP) is 3.97. The summed E-state index contributed by atoms with van der Waals surface area (Å²) in [6, 6.07) is 0. The van der Waals surface area contributed by atoms with E-state index < -0.39 is 6.10 Å². The summed E-state index contributed by atoms with van der Waals surface area (Å²) in [5, 5.41) is 9.49. The van der Waals surface area contributed by atoms with Gasteiger partial charge in [0.1, 0.15) is 6.10 Å². The Morgan fingerprint density at radius 3 is 2.21 bits per heavy atom. The topological polar surface area (TPSA) is 46.5 Å². The highest BCUT2D eigenvalue weighted by atomic mass is 16.5. The molecular weight excluding hydrogens is 240 g/mol. The van der Waals surface area contributed by atoms with Gasteiger partial charge in [0.25, 0.3) is 0 Å². The molecule has 3 nitrogen and oxygen atoms in total. The second-order valence-corrected chi connectivity index (χ2v) is 5.82. The van der Waals surface area contributed by atoms with Crippen LogP contribution in [0.15, 0.2) is 0 Å². The number of rotatable bonds is 10. The lowest BCUT2D eigenvalue weighted by atomic mass is 9.99. The smallest absolute Gasteiger partial charge is 0.308 e. The number of carbonyl (C=O) groups is 1. The van der Waals surface area contributed by atoms with Gasteiger partial charge in [0.15, 0.2) is 0 Å². The van der Waals surface area contributed by atoms with Crippen LogP contribution in [0.5, 0.6) is 0 Å². The van der Waals surface area contributed by atoms with E-state index in [1.54, 1.807) is 0 Å².